The van der Waals surface area contributed by atoms with E-state index in [0.29, 0.717) is 12.8 Å². The molecule has 2 rings (SSSR count). The van der Waals surface area contributed by atoms with Gasteiger partial charge in [0.05, 0.1) is 5.25 Å². The Hall–Kier alpha value is -0.910. The van der Waals surface area contributed by atoms with Crippen molar-refractivity contribution in [2.24, 2.45) is 0 Å². The van der Waals surface area contributed by atoms with Crippen LogP contribution in [0.5, 0.6) is 0 Å². The zero-order valence-corrected chi connectivity index (χ0v) is 13.7. The molecular weight excluding hydrogens is 284 g/mol. The Morgan fingerprint density at radius 2 is 1.81 bits per heavy atom. The predicted molar refractivity (Wildman–Crippen MR) is 86.8 cm³/mol. The third-order valence-corrected chi connectivity index (χ3v) is 6.21. The molecule has 4 nitrogen and oxygen atoms in total. The van der Waals surface area contributed by atoms with E-state index in [2.05, 4.69) is 22.2 Å². The van der Waals surface area contributed by atoms with Crippen LogP contribution in [0.4, 0.5) is 0 Å². The number of benzene rings is 1. The van der Waals surface area contributed by atoms with Gasteiger partial charge in [-0.1, -0.05) is 30.3 Å². The van der Waals surface area contributed by atoms with E-state index in [-0.39, 0.29) is 5.25 Å². The van der Waals surface area contributed by atoms with E-state index >= 15 is 0 Å². The molecule has 0 atom stereocenters. The van der Waals surface area contributed by atoms with Gasteiger partial charge in [-0.05, 0) is 58.2 Å². The van der Waals surface area contributed by atoms with E-state index in [0.717, 1.165) is 25.9 Å². The largest absolute Gasteiger partial charge is 0.317 e. The second-order valence-electron chi connectivity index (χ2n) is 6.47. The van der Waals surface area contributed by atoms with Gasteiger partial charge in [-0.3, -0.25) is 0 Å². The van der Waals surface area contributed by atoms with Gasteiger partial charge in [0.15, 0.2) is 0 Å². The highest BCUT2D eigenvalue weighted by Gasteiger charge is 2.32. The molecule has 1 aliphatic rings. The Bertz CT molecular complexity index is 535. The van der Waals surface area contributed by atoms with Crippen molar-refractivity contribution < 1.29 is 8.42 Å². The van der Waals surface area contributed by atoms with Crippen molar-refractivity contribution in [3.63, 3.8) is 0 Å². The Labute approximate surface area is 128 Å². The number of aryl methyl sites for hydroxylation is 1. The highest BCUT2D eigenvalue weighted by Crippen LogP contribution is 2.19. The number of nitrogens with one attached hydrogen (secondary N) is 2. The van der Waals surface area contributed by atoms with Crippen LogP contribution in [-0.4, -0.2) is 32.3 Å². The first kappa shape index (κ1) is 16.5. The van der Waals surface area contributed by atoms with Crippen LogP contribution < -0.4 is 10.0 Å². The van der Waals surface area contributed by atoms with Crippen LogP contribution in [0.15, 0.2) is 30.3 Å². The minimum Gasteiger partial charge on any atom is -0.317 e. The summed E-state index contributed by atoms with van der Waals surface area (Å²) < 4.78 is 27.9. The van der Waals surface area contributed by atoms with E-state index in [4.69, 9.17) is 0 Å². The molecule has 5 heteroatoms. The molecule has 0 saturated carbocycles. The van der Waals surface area contributed by atoms with Gasteiger partial charge in [0.2, 0.25) is 10.0 Å². The van der Waals surface area contributed by atoms with Gasteiger partial charge in [0.1, 0.15) is 0 Å². The molecule has 1 heterocycles. The van der Waals surface area contributed by atoms with Crippen molar-refractivity contribution >= 4 is 10.0 Å². The summed E-state index contributed by atoms with van der Waals surface area (Å²) in [6.45, 7) is 5.51. The van der Waals surface area contributed by atoms with Crippen molar-refractivity contribution in [2.45, 2.75) is 50.3 Å². The van der Waals surface area contributed by atoms with Gasteiger partial charge in [-0.25, -0.2) is 13.1 Å². The number of sulfonamides is 1. The summed E-state index contributed by atoms with van der Waals surface area (Å²) >= 11 is 0. The predicted octanol–water partition coefficient (Wildman–Crippen LogP) is 2.07. The first-order valence-corrected chi connectivity index (χ1v) is 9.21. The van der Waals surface area contributed by atoms with E-state index < -0.39 is 15.6 Å². The standard InChI is InChI=1S/C16H26N2O2S/c1-16(2,11-8-14-6-4-3-5-7-14)18-21(19,20)15-9-12-17-13-10-15/h3-7,15,17-18H,8-13H2,1-2H3. The van der Waals surface area contributed by atoms with Crippen molar-refractivity contribution in [1.82, 2.24) is 10.0 Å². The zero-order chi connectivity index (χ0) is 15.3. The third-order valence-electron chi connectivity index (χ3n) is 4.03. The minimum absolute atomic E-state index is 0.255. The van der Waals surface area contributed by atoms with E-state index in [1.165, 1.54) is 5.56 Å². The van der Waals surface area contributed by atoms with Gasteiger partial charge < -0.3 is 5.32 Å². The lowest BCUT2D eigenvalue weighted by Crippen LogP contribution is -2.50. The first-order valence-electron chi connectivity index (χ1n) is 7.66. The highest BCUT2D eigenvalue weighted by atomic mass is 32.2. The molecule has 0 spiro atoms. The molecule has 0 amide bonds. The lowest BCUT2D eigenvalue weighted by atomic mass is 9.97. The molecule has 0 unspecified atom stereocenters. The van der Waals surface area contributed by atoms with Crippen molar-refractivity contribution in [1.29, 1.82) is 0 Å². The summed E-state index contributed by atoms with van der Waals surface area (Å²) in [6.07, 6.45) is 3.07. The first-order chi connectivity index (χ1) is 9.89. The molecule has 0 bridgehead atoms. The molecule has 1 aromatic rings. The number of piperidine rings is 1. The maximum absolute atomic E-state index is 12.5. The van der Waals surface area contributed by atoms with Crippen LogP contribution in [0.25, 0.3) is 0 Å². The molecule has 0 radical (unpaired) electrons. The quantitative estimate of drug-likeness (QED) is 0.845. The summed E-state index contributed by atoms with van der Waals surface area (Å²) in [5.41, 5.74) is 0.825. The monoisotopic (exact) mass is 310 g/mol. The summed E-state index contributed by atoms with van der Waals surface area (Å²) in [6, 6.07) is 10.2. The molecule has 1 aliphatic heterocycles. The van der Waals surface area contributed by atoms with E-state index in [1.54, 1.807) is 0 Å². The van der Waals surface area contributed by atoms with Gasteiger partial charge in [-0.15, -0.1) is 0 Å². The second kappa shape index (κ2) is 6.90. The normalized spacial score (nSPS) is 17.8. The lowest BCUT2D eigenvalue weighted by Gasteiger charge is -2.30. The fraction of sp³-hybridized carbons (Fsp3) is 0.625. The average Bonchev–Trinajstić information content (AvgIpc) is 2.46. The number of rotatable bonds is 6. The Morgan fingerprint density at radius 1 is 1.19 bits per heavy atom. The highest BCUT2D eigenvalue weighted by molar-refractivity contribution is 7.90. The second-order valence-corrected chi connectivity index (χ2v) is 8.43. The third kappa shape index (κ3) is 5.09. The lowest BCUT2D eigenvalue weighted by molar-refractivity contribution is 0.410. The molecule has 118 valence electrons. The molecule has 1 aromatic carbocycles. The van der Waals surface area contributed by atoms with Crippen molar-refractivity contribution in [3.05, 3.63) is 35.9 Å². The number of hydrogen-bond acceptors (Lipinski definition) is 3. The van der Waals surface area contributed by atoms with Crippen LogP contribution in [0.2, 0.25) is 0 Å². The summed E-state index contributed by atoms with van der Waals surface area (Å²) in [4.78, 5) is 0. The van der Waals surface area contributed by atoms with E-state index in [9.17, 15) is 8.42 Å². The van der Waals surface area contributed by atoms with Crippen molar-refractivity contribution in [3.8, 4) is 0 Å². The molecule has 0 aromatic heterocycles. The summed E-state index contributed by atoms with van der Waals surface area (Å²) in [7, 11) is -3.24. The average molecular weight is 310 g/mol. The molecule has 1 fully saturated rings. The maximum Gasteiger partial charge on any atom is 0.215 e. The van der Waals surface area contributed by atoms with Gasteiger partial charge in [0.25, 0.3) is 0 Å². The van der Waals surface area contributed by atoms with Crippen LogP contribution >= 0.6 is 0 Å². The van der Waals surface area contributed by atoms with Crippen LogP contribution in [0, 0.1) is 0 Å². The molecular formula is C16H26N2O2S. The fourth-order valence-electron chi connectivity index (χ4n) is 2.73. The molecule has 1 saturated heterocycles. The topological polar surface area (TPSA) is 58.2 Å². The molecule has 2 N–H and O–H groups in total. The summed E-state index contributed by atoms with van der Waals surface area (Å²) in [5, 5.41) is 2.95. The SMILES string of the molecule is CC(C)(CCc1ccccc1)NS(=O)(=O)C1CCNCC1. The Balaban J connectivity index is 1.93. The molecule has 0 aliphatic carbocycles. The van der Waals surface area contributed by atoms with E-state index in [1.807, 2.05) is 32.0 Å². The van der Waals surface area contributed by atoms with Crippen LogP contribution in [0.3, 0.4) is 0 Å². The summed E-state index contributed by atoms with van der Waals surface area (Å²) in [5.74, 6) is 0. The van der Waals surface area contributed by atoms with Gasteiger partial charge in [-0.2, -0.15) is 0 Å². The Morgan fingerprint density at radius 3 is 2.43 bits per heavy atom. The van der Waals surface area contributed by atoms with Crippen LogP contribution in [0.1, 0.15) is 38.7 Å². The Kier molecular flexibility index (Phi) is 5.41. The van der Waals surface area contributed by atoms with Crippen molar-refractivity contribution in [2.75, 3.05) is 13.1 Å². The van der Waals surface area contributed by atoms with Crippen LogP contribution in [-0.2, 0) is 16.4 Å². The minimum atomic E-state index is -3.24. The maximum atomic E-state index is 12.5. The number of hydrogen-bond donors (Lipinski definition) is 2. The van der Waals surface area contributed by atoms with Gasteiger partial charge >= 0.3 is 0 Å². The fourth-order valence-corrected chi connectivity index (χ4v) is 4.62. The molecule has 21 heavy (non-hydrogen) atoms. The zero-order valence-electron chi connectivity index (χ0n) is 12.9. The smallest absolute Gasteiger partial charge is 0.215 e. The van der Waals surface area contributed by atoms with Gasteiger partial charge in [0, 0.05) is 5.54 Å².